The van der Waals surface area contributed by atoms with Crippen molar-refractivity contribution >= 4 is 17.9 Å². The highest BCUT2D eigenvalue weighted by Gasteiger charge is 2.19. The first kappa shape index (κ1) is 66.6. The molecule has 0 fully saturated rings. The average molecular weight is 982 g/mol. The quantitative estimate of drug-likeness (QED) is 0.0262. The lowest BCUT2D eigenvalue weighted by Gasteiger charge is -2.18. The molecule has 0 spiro atoms. The molecule has 0 heterocycles. The van der Waals surface area contributed by atoms with Gasteiger partial charge in [0.2, 0.25) is 0 Å². The Bertz CT molecular complexity index is 1550. The van der Waals surface area contributed by atoms with Gasteiger partial charge in [0.25, 0.3) is 0 Å². The molecule has 6 heteroatoms. The van der Waals surface area contributed by atoms with E-state index in [1.54, 1.807) is 0 Å². The van der Waals surface area contributed by atoms with Gasteiger partial charge < -0.3 is 14.2 Å². The Morgan fingerprint density at radius 3 is 0.930 bits per heavy atom. The van der Waals surface area contributed by atoms with E-state index in [0.29, 0.717) is 19.3 Å². The second kappa shape index (κ2) is 58.1. The maximum atomic E-state index is 12.8. The van der Waals surface area contributed by atoms with Crippen molar-refractivity contribution < 1.29 is 28.6 Å². The number of allylic oxidation sites excluding steroid dienone is 22. The van der Waals surface area contributed by atoms with E-state index in [2.05, 4.69) is 142 Å². The van der Waals surface area contributed by atoms with Gasteiger partial charge in [0.1, 0.15) is 13.2 Å². The Kier molecular flexibility index (Phi) is 54.5. The summed E-state index contributed by atoms with van der Waals surface area (Å²) in [4.78, 5) is 38.1. The fraction of sp³-hybridized carbons (Fsp3) is 0.615. The largest absolute Gasteiger partial charge is 0.462 e. The zero-order valence-electron chi connectivity index (χ0n) is 45.7. The minimum absolute atomic E-state index is 0.126. The molecule has 0 aromatic heterocycles. The third-order valence-corrected chi connectivity index (χ3v) is 11.7. The standard InChI is InChI=1S/C65H104O6/c1-4-7-10-13-16-19-22-25-28-31-32-35-37-40-43-46-49-52-55-58-64(67)70-61-62(71-65(68)59-56-53-50-47-44-41-38-34-30-27-24-21-18-15-12-9-6-3)60-69-63(66)57-54-51-48-45-42-39-36-33-29-26-23-20-17-14-11-8-5-2/h7,9-10,12,16,18-19,21,25,27-28,30,32,35,38,40-41,43,47,49-50,52,62H,4-6,8,11,13-15,17,20,22-24,26,29,31,33-34,36-37,39,42,44-46,48,51,53-61H2,1-3H3/b10-7-,12-9-,19-16-,21-18-,28-25-,30-27-,35-32-,41-38-,43-40-,50-47-,52-49-. The van der Waals surface area contributed by atoms with Crippen LogP contribution < -0.4 is 0 Å². The smallest absolute Gasteiger partial charge is 0.306 e. The highest BCUT2D eigenvalue weighted by atomic mass is 16.6. The van der Waals surface area contributed by atoms with Crippen molar-refractivity contribution in [2.45, 2.75) is 245 Å². The first-order valence-electron chi connectivity index (χ1n) is 28.7. The Labute approximate surface area is 436 Å². The molecule has 0 N–H and O–H groups in total. The third kappa shape index (κ3) is 56.3. The maximum Gasteiger partial charge on any atom is 0.306 e. The zero-order chi connectivity index (χ0) is 51.4. The number of ether oxygens (including phenoxy) is 3. The Balaban J connectivity index is 4.59. The van der Waals surface area contributed by atoms with Crippen molar-refractivity contribution in [1.82, 2.24) is 0 Å². The summed E-state index contributed by atoms with van der Waals surface area (Å²) >= 11 is 0. The summed E-state index contributed by atoms with van der Waals surface area (Å²) in [6.07, 6.45) is 81.7. The summed E-state index contributed by atoms with van der Waals surface area (Å²) in [6, 6.07) is 0. The lowest BCUT2D eigenvalue weighted by Crippen LogP contribution is -2.30. The van der Waals surface area contributed by atoms with E-state index in [9.17, 15) is 14.4 Å². The number of rotatable bonds is 50. The van der Waals surface area contributed by atoms with E-state index in [-0.39, 0.29) is 44.0 Å². The van der Waals surface area contributed by atoms with Gasteiger partial charge in [0.05, 0.1) is 0 Å². The van der Waals surface area contributed by atoms with Gasteiger partial charge in [0, 0.05) is 19.3 Å². The van der Waals surface area contributed by atoms with Crippen LogP contribution in [0, 0.1) is 0 Å². The van der Waals surface area contributed by atoms with Crippen molar-refractivity contribution in [3.8, 4) is 0 Å². The van der Waals surface area contributed by atoms with Gasteiger partial charge in [-0.15, -0.1) is 0 Å². The molecule has 0 aromatic carbocycles. The van der Waals surface area contributed by atoms with Gasteiger partial charge in [-0.25, -0.2) is 0 Å². The van der Waals surface area contributed by atoms with Crippen LogP contribution in [0.3, 0.4) is 0 Å². The lowest BCUT2D eigenvalue weighted by atomic mass is 10.0. The predicted molar refractivity (Wildman–Crippen MR) is 306 cm³/mol. The van der Waals surface area contributed by atoms with Gasteiger partial charge in [-0.2, -0.15) is 0 Å². The van der Waals surface area contributed by atoms with E-state index >= 15 is 0 Å². The molecule has 71 heavy (non-hydrogen) atoms. The molecule has 0 aliphatic rings. The molecule has 0 aliphatic carbocycles. The van der Waals surface area contributed by atoms with Crippen LogP contribution in [0.5, 0.6) is 0 Å². The molecule has 0 saturated carbocycles. The summed E-state index contributed by atoms with van der Waals surface area (Å²) in [5, 5.41) is 0. The van der Waals surface area contributed by atoms with E-state index in [1.807, 2.05) is 12.2 Å². The fourth-order valence-electron chi connectivity index (χ4n) is 7.44. The van der Waals surface area contributed by atoms with Crippen LogP contribution in [-0.4, -0.2) is 37.2 Å². The van der Waals surface area contributed by atoms with Crippen LogP contribution in [0.2, 0.25) is 0 Å². The molecule has 1 unspecified atom stereocenters. The molecule has 0 rings (SSSR count). The monoisotopic (exact) mass is 981 g/mol. The summed E-state index contributed by atoms with van der Waals surface area (Å²) in [5.41, 5.74) is 0. The topological polar surface area (TPSA) is 78.9 Å². The van der Waals surface area contributed by atoms with Crippen molar-refractivity contribution in [2.24, 2.45) is 0 Å². The third-order valence-electron chi connectivity index (χ3n) is 11.7. The summed E-state index contributed by atoms with van der Waals surface area (Å²) < 4.78 is 16.7. The summed E-state index contributed by atoms with van der Waals surface area (Å²) in [5.74, 6) is -1.08. The molecule has 0 radical (unpaired) electrons. The number of carbonyl (C=O) groups excluding carboxylic acids is 3. The maximum absolute atomic E-state index is 12.8. The molecule has 0 saturated heterocycles. The molecular formula is C65H104O6. The minimum Gasteiger partial charge on any atom is -0.462 e. The second-order valence-corrected chi connectivity index (χ2v) is 18.4. The molecule has 0 aromatic rings. The van der Waals surface area contributed by atoms with E-state index in [4.69, 9.17) is 14.2 Å². The van der Waals surface area contributed by atoms with E-state index in [1.165, 1.54) is 89.9 Å². The number of hydrogen-bond donors (Lipinski definition) is 0. The molecule has 0 bridgehead atoms. The zero-order valence-corrected chi connectivity index (χ0v) is 45.7. The molecule has 6 nitrogen and oxygen atoms in total. The summed E-state index contributed by atoms with van der Waals surface area (Å²) in [7, 11) is 0. The Morgan fingerprint density at radius 1 is 0.296 bits per heavy atom. The first-order valence-corrected chi connectivity index (χ1v) is 28.7. The second-order valence-electron chi connectivity index (χ2n) is 18.4. The SMILES string of the molecule is CC/C=C\C/C=C\C/C=C\C/C=C\C/C=C\C/C=C\CCC(=O)OCC(COC(=O)CCCCCCCCCCCCCCCCCCC)OC(=O)CCC/C=C\C/C=C\C/C=C\C/C=C\C/C=C\CC. The molecule has 1 atom stereocenters. The van der Waals surface area contributed by atoms with Crippen molar-refractivity contribution in [2.75, 3.05) is 13.2 Å². The highest BCUT2D eigenvalue weighted by molar-refractivity contribution is 5.71. The van der Waals surface area contributed by atoms with Gasteiger partial charge in [-0.3, -0.25) is 14.4 Å². The van der Waals surface area contributed by atoms with Gasteiger partial charge >= 0.3 is 17.9 Å². The van der Waals surface area contributed by atoms with Crippen LogP contribution in [-0.2, 0) is 28.6 Å². The van der Waals surface area contributed by atoms with Crippen LogP contribution in [0.4, 0.5) is 0 Å². The first-order chi connectivity index (χ1) is 35.0. The van der Waals surface area contributed by atoms with Crippen molar-refractivity contribution in [1.29, 1.82) is 0 Å². The van der Waals surface area contributed by atoms with E-state index in [0.717, 1.165) is 96.3 Å². The van der Waals surface area contributed by atoms with Crippen molar-refractivity contribution in [3.63, 3.8) is 0 Å². The van der Waals surface area contributed by atoms with Gasteiger partial charge in [-0.1, -0.05) is 257 Å². The highest BCUT2D eigenvalue weighted by Crippen LogP contribution is 2.15. The minimum atomic E-state index is -0.842. The number of esters is 3. The molecule has 0 aliphatic heterocycles. The molecular weight excluding hydrogens is 877 g/mol. The van der Waals surface area contributed by atoms with Crippen molar-refractivity contribution in [3.05, 3.63) is 134 Å². The predicted octanol–water partition coefficient (Wildman–Crippen LogP) is 19.4. The molecule has 0 amide bonds. The van der Waals surface area contributed by atoms with Crippen LogP contribution in [0.1, 0.15) is 239 Å². The summed E-state index contributed by atoms with van der Waals surface area (Å²) in [6.45, 7) is 6.30. The van der Waals surface area contributed by atoms with E-state index < -0.39 is 6.10 Å². The van der Waals surface area contributed by atoms with Crippen LogP contribution in [0.15, 0.2) is 134 Å². The van der Waals surface area contributed by atoms with Crippen LogP contribution in [0.25, 0.3) is 0 Å². The van der Waals surface area contributed by atoms with Crippen LogP contribution >= 0.6 is 0 Å². The fourth-order valence-corrected chi connectivity index (χ4v) is 7.44. The number of carbonyl (C=O) groups is 3. The average Bonchev–Trinajstić information content (AvgIpc) is 3.37. The molecule has 400 valence electrons. The Morgan fingerprint density at radius 2 is 0.577 bits per heavy atom. The number of unbranched alkanes of at least 4 members (excludes halogenated alkanes) is 17. The number of hydrogen-bond acceptors (Lipinski definition) is 6. The van der Waals surface area contributed by atoms with Gasteiger partial charge in [-0.05, 0) is 96.3 Å². The lowest BCUT2D eigenvalue weighted by molar-refractivity contribution is -0.166. The van der Waals surface area contributed by atoms with Gasteiger partial charge in [0.15, 0.2) is 6.10 Å². The Hall–Kier alpha value is -4.45. The normalized spacial score (nSPS) is 13.1.